The molecule has 5 nitrogen and oxygen atoms in total. The molecule has 0 amide bonds. The molecule has 1 atom stereocenters. The standard InChI is InChI=1S/C28H28ClN3O2/c1-3-31-14-15-34-23(17-31)18-32-27(24-7-5-4-6-19(24)2)30-26-13-10-21(16-25(26)28(32)33)20-8-11-22(29)12-9-20/h4-13,16,23H,3,14-15,17-18H2,1-2H3. The van der Waals surface area contributed by atoms with Crippen LogP contribution in [-0.4, -0.2) is 46.8 Å². The van der Waals surface area contributed by atoms with Crippen LogP contribution in [-0.2, 0) is 11.3 Å². The molecule has 1 aliphatic rings. The highest BCUT2D eigenvalue weighted by Gasteiger charge is 2.23. The molecule has 1 aliphatic heterocycles. The van der Waals surface area contributed by atoms with Gasteiger partial charge < -0.3 is 4.74 Å². The number of rotatable bonds is 5. The van der Waals surface area contributed by atoms with Crippen molar-refractivity contribution in [2.24, 2.45) is 0 Å². The number of ether oxygens (including phenoxy) is 1. The molecule has 5 rings (SSSR count). The van der Waals surface area contributed by atoms with Gasteiger partial charge in [0.05, 0.1) is 30.2 Å². The van der Waals surface area contributed by atoms with E-state index in [9.17, 15) is 4.79 Å². The Balaban J connectivity index is 1.66. The van der Waals surface area contributed by atoms with Crippen LogP contribution in [0.2, 0.25) is 5.02 Å². The Morgan fingerprint density at radius 3 is 2.59 bits per heavy atom. The van der Waals surface area contributed by atoms with E-state index in [2.05, 4.69) is 24.8 Å². The first-order valence-corrected chi connectivity index (χ1v) is 12.1. The molecule has 2 heterocycles. The third-order valence-corrected chi connectivity index (χ3v) is 6.83. The summed E-state index contributed by atoms with van der Waals surface area (Å²) < 4.78 is 7.87. The van der Waals surface area contributed by atoms with Crippen LogP contribution in [0.4, 0.5) is 0 Å². The van der Waals surface area contributed by atoms with E-state index in [4.69, 9.17) is 21.3 Å². The lowest BCUT2D eigenvalue weighted by Crippen LogP contribution is -2.45. The topological polar surface area (TPSA) is 47.4 Å². The molecule has 0 spiro atoms. The molecule has 34 heavy (non-hydrogen) atoms. The number of aromatic nitrogens is 2. The van der Waals surface area contributed by atoms with E-state index >= 15 is 0 Å². The lowest BCUT2D eigenvalue weighted by atomic mass is 10.0. The van der Waals surface area contributed by atoms with Crippen molar-refractivity contribution >= 4 is 22.5 Å². The Morgan fingerprint density at radius 1 is 1.06 bits per heavy atom. The van der Waals surface area contributed by atoms with Crippen molar-refractivity contribution in [3.05, 3.63) is 87.7 Å². The van der Waals surface area contributed by atoms with Crippen molar-refractivity contribution in [1.29, 1.82) is 0 Å². The Bertz CT molecular complexity index is 1380. The minimum absolute atomic E-state index is 0.0451. The van der Waals surface area contributed by atoms with Gasteiger partial charge in [0.1, 0.15) is 5.82 Å². The van der Waals surface area contributed by atoms with Gasteiger partial charge in [0, 0.05) is 23.7 Å². The lowest BCUT2D eigenvalue weighted by molar-refractivity contribution is -0.0345. The number of benzene rings is 3. The summed E-state index contributed by atoms with van der Waals surface area (Å²) in [6.45, 7) is 8.05. The average molecular weight is 474 g/mol. The van der Waals surface area contributed by atoms with Gasteiger partial charge >= 0.3 is 0 Å². The van der Waals surface area contributed by atoms with Crippen molar-refractivity contribution in [1.82, 2.24) is 14.5 Å². The van der Waals surface area contributed by atoms with Crippen molar-refractivity contribution in [3.8, 4) is 22.5 Å². The molecule has 0 radical (unpaired) electrons. The number of hydrogen-bond acceptors (Lipinski definition) is 4. The van der Waals surface area contributed by atoms with Crippen LogP contribution in [0, 0.1) is 6.92 Å². The molecule has 1 unspecified atom stereocenters. The summed E-state index contributed by atoms with van der Waals surface area (Å²) in [7, 11) is 0. The normalized spacial score (nSPS) is 16.7. The van der Waals surface area contributed by atoms with E-state index in [1.807, 2.05) is 60.7 Å². The van der Waals surface area contributed by atoms with Gasteiger partial charge in [0.25, 0.3) is 5.56 Å². The van der Waals surface area contributed by atoms with E-state index in [1.165, 1.54) is 0 Å². The summed E-state index contributed by atoms with van der Waals surface area (Å²) in [6, 6.07) is 21.6. The number of fused-ring (bicyclic) bond motifs is 1. The van der Waals surface area contributed by atoms with Gasteiger partial charge in [-0.25, -0.2) is 4.98 Å². The quantitative estimate of drug-likeness (QED) is 0.388. The first kappa shape index (κ1) is 22.8. The summed E-state index contributed by atoms with van der Waals surface area (Å²) in [5.41, 5.74) is 4.67. The van der Waals surface area contributed by atoms with Crippen LogP contribution < -0.4 is 5.56 Å². The zero-order valence-corrected chi connectivity index (χ0v) is 20.3. The second kappa shape index (κ2) is 9.71. The fourth-order valence-electron chi connectivity index (χ4n) is 4.62. The van der Waals surface area contributed by atoms with Crippen LogP contribution in [0.5, 0.6) is 0 Å². The summed E-state index contributed by atoms with van der Waals surface area (Å²) in [5, 5.41) is 1.29. The van der Waals surface area contributed by atoms with E-state index in [0.717, 1.165) is 41.9 Å². The van der Waals surface area contributed by atoms with Crippen LogP contribution >= 0.6 is 11.6 Å². The Morgan fingerprint density at radius 2 is 1.82 bits per heavy atom. The van der Waals surface area contributed by atoms with E-state index in [-0.39, 0.29) is 11.7 Å². The Hall–Kier alpha value is -2.99. The monoisotopic (exact) mass is 473 g/mol. The van der Waals surface area contributed by atoms with Gasteiger partial charge in [-0.1, -0.05) is 61.0 Å². The molecule has 1 fully saturated rings. The van der Waals surface area contributed by atoms with Crippen LogP contribution in [0.3, 0.4) is 0 Å². The van der Waals surface area contributed by atoms with Crippen molar-refractivity contribution in [2.45, 2.75) is 26.5 Å². The zero-order chi connectivity index (χ0) is 23.7. The third kappa shape index (κ3) is 4.51. The van der Waals surface area contributed by atoms with Gasteiger partial charge in [0.2, 0.25) is 0 Å². The number of nitrogens with zero attached hydrogens (tertiary/aromatic N) is 3. The number of aryl methyl sites for hydroxylation is 1. The molecule has 0 aliphatic carbocycles. The summed E-state index contributed by atoms with van der Waals surface area (Å²) >= 11 is 6.06. The van der Waals surface area contributed by atoms with Gasteiger partial charge in [-0.05, 0) is 54.4 Å². The second-order valence-electron chi connectivity index (χ2n) is 8.79. The molecule has 4 aromatic rings. The third-order valence-electron chi connectivity index (χ3n) is 6.57. The predicted molar refractivity (Wildman–Crippen MR) is 138 cm³/mol. The van der Waals surface area contributed by atoms with Gasteiger partial charge in [-0.2, -0.15) is 0 Å². The first-order valence-electron chi connectivity index (χ1n) is 11.7. The van der Waals surface area contributed by atoms with E-state index in [1.54, 1.807) is 4.57 Å². The van der Waals surface area contributed by atoms with E-state index in [0.29, 0.717) is 34.9 Å². The van der Waals surface area contributed by atoms with Crippen molar-refractivity contribution in [3.63, 3.8) is 0 Å². The maximum absolute atomic E-state index is 13.9. The highest BCUT2D eigenvalue weighted by Crippen LogP contribution is 2.27. The molecule has 1 aromatic heterocycles. The second-order valence-corrected chi connectivity index (χ2v) is 9.23. The lowest BCUT2D eigenvalue weighted by Gasteiger charge is -2.32. The van der Waals surface area contributed by atoms with Crippen LogP contribution in [0.25, 0.3) is 33.4 Å². The Labute approximate surface area is 204 Å². The molecule has 0 N–H and O–H groups in total. The molecule has 0 bridgehead atoms. The summed E-state index contributed by atoms with van der Waals surface area (Å²) in [5.74, 6) is 0.687. The van der Waals surface area contributed by atoms with Gasteiger partial charge in [0.15, 0.2) is 0 Å². The largest absolute Gasteiger partial charge is 0.374 e. The highest BCUT2D eigenvalue weighted by atomic mass is 35.5. The Kier molecular flexibility index (Phi) is 6.50. The minimum Gasteiger partial charge on any atom is -0.374 e. The average Bonchev–Trinajstić information content (AvgIpc) is 2.86. The smallest absolute Gasteiger partial charge is 0.261 e. The molecule has 3 aromatic carbocycles. The summed E-state index contributed by atoms with van der Waals surface area (Å²) in [6.07, 6.45) is -0.0622. The van der Waals surface area contributed by atoms with Crippen LogP contribution in [0.1, 0.15) is 12.5 Å². The molecular weight excluding hydrogens is 446 g/mol. The fraction of sp³-hybridized carbons (Fsp3) is 0.286. The van der Waals surface area contributed by atoms with Gasteiger partial charge in [-0.3, -0.25) is 14.3 Å². The molecule has 6 heteroatoms. The zero-order valence-electron chi connectivity index (χ0n) is 19.5. The SMILES string of the molecule is CCN1CCOC(Cn2c(-c3ccccc3C)nc3ccc(-c4ccc(Cl)cc4)cc3c2=O)C1. The number of morpholine rings is 1. The molecular formula is C28H28ClN3O2. The maximum Gasteiger partial charge on any atom is 0.261 e. The predicted octanol–water partition coefficient (Wildman–Crippen LogP) is 5.41. The highest BCUT2D eigenvalue weighted by molar-refractivity contribution is 6.30. The summed E-state index contributed by atoms with van der Waals surface area (Å²) in [4.78, 5) is 21.3. The van der Waals surface area contributed by atoms with Crippen LogP contribution in [0.15, 0.2) is 71.5 Å². The van der Waals surface area contributed by atoms with Crippen molar-refractivity contribution < 1.29 is 4.74 Å². The first-order chi connectivity index (χ1) is 16.5. The van der Waals surface area contributed by atoms with Gasteiger partial charge in [-0.15, -0.1) is 0 Å². The number of hydrogen-bond donors (Lipinski definition) is 0. The number of halogens is 1. The van der Waals surface area contributed by atoms with E-state index < -0.39 is 0 Å². The molecule has 174 valence electrons. The maximum atomic E-state index is 13.9. The number of likely N-dealkylation sites (N-methyl/N-ethyl adjacent to an activating group) is 1. The fourth-order valence-corrected chi connectivity index (χ4v) is 4.75. The van der Waals surface area contributed by atoms with Crippen molar-refractivity contribution in [2.75, 3.05) is 26.2 Å². The minimum atomic E-state index is -0.0622. The molecule has 0 saturated carbocycles. The molecule has 1 saturated heterocycles.